The summed E-state index contributed by atoms with van der Waals surface area (Å²) in [7, 11) is 0. The normalized spacial score (nSPS) is 17.2. The first-order chi connectivity index (χ1) is 11.3. The molecule has 120 valence electrons. The van der Waals surface area contributed by atoms with Gasteiger partial charge in [-0.25, -0.2) is 0 Å². The van der Waals surface area contributed by atoms with E-state index in [2.05, 4.69) is 68.5 Å². The van der Waals surface area contributed by atoms with Crippen LogP contribution in [-0.2, 0) is 12.8 Å². The van der Waals surface area contributed by atoms with E-state index in [9.17, 15) is 0 Å². The van der Waals surface area contributed by atoms with E-state index in [0.29, 0.717) is 5.92 Å². The maximum absolute atomic E-state index is 5.66. The number of hydrogen-bond acceptors (Lipinski definition) is 1. The van der Waals surface area contributed by atoms with Crippen LogP contribution in [0.4, 0.5) is 0 Å². The van der Waals surface area contributed by atoms with Crippen LogP contribution in [0.1, 0.15) is 37.8 Å². The van der Waals surface area contributed by atoms with Gasteiger partial charge in [-0.1, -0.05) is 49.4 Å². The Kier molecular flexibility index (Phi) is 5.17. The highest BCUT2D eigenvalue weighted by molar-refractivity contribution is 5.66. The fourth-order valence-electron chi connectivity index (χ4n) is 3.36. The van der Waals surface area contributed by atoms with Gasteiger partial charge in [0.15, 0.2) is 0 Å². The van der Waals surface area contributed by atoms with Crippen LogP contribution in [0.5, 0.6) is 5.75 Å². The van der Waals surface area contributed by atoms with E-state index in [0.717, 1.165) is 18.8 Å². The van der Waals surface area contributed by atoms with Crippen molar-refractivity contribution in [2.24, 2.45) is 5.92 Å². The Hall–Kier alpha value is -2.02. The summed E-state index contributed by atoms with van der Waals surface area (Å²) in [6.07, 6.45) is 9.23. The van der Waals surface area contributed by atoms with Crippen molar-refractivity contribution in [2.75, 3.05) is 6.61 Å². The van der Waals surface area contributed by atoms with Crippen molar-refractivity contribution in [1.82, 2.24) is 0 Å². The first-order valence-corrected chi connectivity index (χ1v) is 8.78. The molecule has 2 aromatic rings. The standard InChI is InChI=1S/C22H26O/c1-3-5-17-6-7-21-16-20(9-8-19(21)15-17)18-10-12-22(13-11-18)23-14-4-2/h3,5,8-13,16-17H,4,6-7,14-15H2,1-2H3/b5-3+. The molecule has 0 bridgehead atoms. The maximum atomic E-state index is 5.66. The van der Waals surface area contributed by atoms with E-state index in [-0.39, 0.29) is 0 Å². The Morgan fingerprint density at radius 1 is 1.04 bits per heavy atom. The second-order valence-electron chi connectivity index (χ2n) is 6.38. The highest BCUT2D eigenvalue weighted by Gasteiger charge is 2.16. The van der Waals surface area contributed by atoms with Gasteiger partial charge >= 0.3 is 0 Å². The molecule has 1 heteroatoms. The van der Waals surface area contributed by atoms with Gasteiger partial charge in [-0.05, 0) is 72.9 Å². The monoisotopic (exact) mass is 306 g/mol. The second-order valence-corrected chi connectivity index (χ2v) is 6.38. The first-order valence-electron chi connectivity index (χ1n) is 8.78. The van der Waals surface area contributed by atoms with Crippen molar-refractivity contribution in [3.63, 3.8) is 0 Å². The third-order valence-corrected chi connectivity index (χ3v) is 4.60. The third kappa shape index (κ3) is 3.85. The van der Waals surface area contributed by atoms with E-state index in [1.165, 1.54) is 41.5 Å². The lowest BCUT2D eigenvalue weighted by Crippen LogP contribution is -2.12. The van der Waals surface area contributed by atoms with Crippen LogP contribution in [0, 0.1) is 5.92 Å². The lowest BCUT2D eigenvalue weighted by molar-refractivity contribution is 0.317. The molecule has 1 aliphatic rings. The van der Waals surface area contributed by atoms with Gasteiger partial charge in [0.25, 0.3) is 0 Å². The van der Waals surface area contributed by atoms with Crippen molar-refractivity contribution in [2.45, 2.75) is 39.5 Å². The van der Waals surface area contributed by atoms with Gasteiger partial charge in [0, 0.05) is 0 Å². The van der Waals surface area contributed by atoms with E-state index in [4.69, 9.17) is 4.74 Å². The molecule has 0 N–H and O–H groups in total. The topological polar surface area (TPSA) is 9.23 Å². The number of fused-ring (bicyclic) bond motifs is 1. The van der Waals surface area contributed by atoms with Gasteiger partial charge in [0.1, 0.15) is 5.75 Å². The zero-order valence-corrected chi connectivity index (χ0v) is 14.2. The third-order valence-electron chi connectivity index (χ3n) is 4.60. The average Bonchev–Trinajstić information content (AvgIpc) is 2.60. The number of rotatable bonds is 5. The van der Waals surface area contributed by atoms with Crippen LogP contribution in [-0.4, -0.2) is 6.61 Å². The zero-order chi connectivity index (χ0) is 16.1. The Morgan fingerprint density at radius 2 is 1.83 bits per heavy atom. The number of hydrogen-bond donors (Lipinski definition) is 0. The molecule has 1 nitrogen and oxygen atoms in total. The molecule has 0 aromatic heterocycles. The molecule has 0 heterocycles. The average molecular weight is 306 g/mol. The van der Waals surface area contributed by atoms with Crippen LogP contribution < -0.4 is 4.74 Å². The van der Waals surface area contributed by atoms with Crippen molar-refractivity contribution >= 4 is 0 Å². The molecular formula is C22H26O. The summed E-state index contributed by atoms with van der Waals surface area (Å²) < 4.78 is 5.66. The van der Waals surface area contributed by atoms with Crippen LogP contribution >= 0.6 is 0 Å². The minimum Gasteiger partial charge on any atom is -0.494 e. The predicted molar refractivity (Wildman–Crippen MR) is 98.0 cm³/mol. The highest BCUT2D eigenvalue weighted by Crippen LogP contribution is 2.31. The van der Waals surface area contributed by atoms with Gasteiger partial charge in [0.2, 0.25) is 0 Å². The molecule has 0 amide bonds. The highest BCUT2D eigenvalue weighted by atomic mass is 16.5. The van der Waals surface area contributed by atoms with Crippen LogP contribution in [0.2, 0.25) is 0 Å². The lowest BCUT2D eigenvalue weighted by atomic mass is 9.82. The molecule has 0 saturated heterocycles. The molecule has 0 radical (unpaired) electrons. The largest absolute Gasteiger partial charge is 0.494 e. The summed E-state index contributed by atoms with van der Waals surface area (Å²) in [4.78, 5) is 0. The van der Waals surface area contributed by atoms with E-state index < -0.39 is 0 Å². The Balaban J connectivity index is 1.77. The fraction of sp³-hybridized carbons (Fsp3) is 0.364. The van der Waals surface area contributed by atoms with Crippen molar-refractivity contribution < 1.29 is 4.74 Å². The van der Waals surface area contributed by atoms with Crippen molar-refractivity contribution in [1.29, 1.82) is 0 Å². The van der Waals surface area contributed by atoms with Gasteiger partial charge in [0.05, 0.1) is 6.61 Å². The molecule has 1 aliphatic carbocycles. The van der Waals surface area contributed by atoms with Gasteiger partial charge in [-0.15, -0.1) is 0 Å². The molecule has 0 fully saturated rings. The summed E-state index contributed by atoms with van der Waals surface area (Å²) in [5.41, 5.74) is 5.63. The van der Waals surface area contributed by atoms with Crippen LogP contribution in [0.3, 0.4) is 0 Å². The molecule has 2 aromatic carbocycles. The van der Waals surface area contributed by atoms with Gasteiger partial charge in [-0.2, -0.15) is 0 Å². The first kappa shape index (κ1) is 15.9. The van der Waals surface area contributed by atoms with Crippen LogP contribution in [0.15, 0.2) is 54.6 Å². The number of allylic oxidation sites excluding steroid dienone is 2. The smallest absolute Gasteiger partial charge is 0.119 e. The maximum Gasteiger partial charge on any atom is 0.119 e. The van der Waals surface area contributed by atoms with Gasteiger partial charge < -0.3 is 4.74 Å². The molecule has 0 saturated carbocycles. The molecule has 23 heavy (non-hydrogen) atoms. The lowest BCUT2D eigenvalue weighted by Gasteiger charge is -2.23. The quantitative estimate of drug-likeness (QED) is 0.632. The molecule has 0 aliphatic heterocycles. The number of aryl methyl sites for hydroxylation is 1. The van der Waals surface area contributed by atoms with E-state index in [1.807, 2.05) is 0 Å². The van der Waals surface area contributed by atoms with Crippen LogP contribution in [0.25, 0.3) is 11.1 Å². The van der Waals surface area contributed by atoms with Crippen molar-refractivity contribution in [3.8, 4) is 16.9 Å². The molecular weight excluding hydrogens is 280 g/mol. The minimum absolute atomic E-state index is 0.716. The minimum atomic E-state index is 0.716. The summed E-state index contributed by atoms with van der Waals surface area (Å²) in [6.45, 7) is 5.03. The zero-order valence-electron chi connectivity index (χ0n) is 14.2. The summed E-state index contributed by atoms with van der Waals surface area (Å²) in [6, 6.07) is 15.4. The number of benzene rings is 2. The molecule has 0 spiro atoms. The fourth-order valence-corrected chi connectivity index (χ4v) is 3.36. The molecule has 1 unspecified atom stereocenters. The molecule has 1 atom stereocenters. The molecule has 3 rings (SSSR count). The Morgan fingerprint density at radius 3 is 2.57 bits per heavy atom. The SMILES string of the molecule is C/C=C/C1CCc2cc(-c3ccc(OCCC)cc3)ccc2C1. The van der Waals surface area contributed by atoms with E-state index >= 15 is 0 Å². The second kappa shape index (κ2) is 7.50. The van der Waals surface area contributed by atoms with E-state index in [1.54, 1.807) is 0 Å². The summed E-state index contributed by atoms with van der Waals surface area (Å²) >= 11 is 0. The number of ether oxygens (including phenoxy) is 1. The predicted octanol–water partition coefficient (Wildman–Crippen LogP) is 5.82. The Bertz CT molecular complexity index is 667. The Labute approximate surface area is 140 Å². The van der Waals surface area contributed by atoms with Crippen molar-refractivity contribution in [3.05, 3.63) is 65.7 Å². The van der Waals surface area contributed by atoms with Gasteiger partial charge in [-0.3, -0.25) is 0 Å². The summed E-state index contributed by atoms with van der Waals surface area (Å²) in [5, 5.41) is 0. The summed E-state index contributed by atoms with van der Waals surface area (Å²) in [5.74, 6) is 1.68.